The zero-order valence-electron chi connectivity index (χ0n) is 102. The van der Waals surface area contributed by atoms with Gasteiger partial charge in [0.1, 0.15) is 0 Å². The summed E-state index contributed by atoms with van der Waals surface area (Å²) in [6, 6.07) is 1.25. The Morgan fingerprint density at radius 2 is 0.476 bits per heavy atom. The Bertz CT molecular complexity index is 3720. The number of aliphatic hydroxyl groups is 1. The first kappa shape index (κ1) is 124. The molecular weight excluding hydrogens is 1930 g/mol. The number of hydrogen-bond acceptors (Lipinski definition) is 4. The van der Waals surface area contributed by atoms with E-state index in [1.807, 2.05) is 0 Å². The number of hydrogen-bond donors (Lipinski definition) is 3. The molecule has 0 spiro atoms. The number of halogens is 2. The van der Waals surface area contributed by atoms with E-state index in [-0.39, 0.29) is 54.1 Å². The minimum atomic E-state index is -0.00830. The molecule has 147 heavy (non-hydrogen) atoms. The minimum absolute atomic E-state index is 0. The molecule has 0 aliphatic heterocycles. The molecule has 0 heterocycles. The van der Waals surface area contributed by atoms with Crippen LogP contribution >= 0.6 is 35.0 Å². The predicted octanol–water partition coefficient (Wildman–Crippen LogP) is 38.3. The third kappa shape index (κ3) is 25.9. The fourth-order valence-electron chi connectivity index (χ4n) is 46.6. The van der Waals surface area contributed by atoms with Gasteiger partial charge in [0, 0.05) is 27.0 Å². The summed E-state index contributed by atoms with van der Waals surface area (Å²) in [6.45, 7) is 63.8. The average Bonchev–Trinajstić information content (AvgIpc) is 1.66. The second-order valence-corrected chi connectivity index (χ2v) is 65.3. The largest absolute Gasteiger partial charge is 1.00 e. The van der Waals surface area contributed by atoms with Crippen LogP contribution in [0.3, 0.4) is 0 Å². The molecule has 9 nitrogen and oxygen atoms in total. The van der Waals surface area contributed by atoms with Crippen LogP contribution in [0.2, 0.25) is 0 Å². The van der Waals surface area contributed by atoms with E-state index in [0.717, 1.165) is 237 Å². The van der Waals surface area contributed by atoms with Crippen molar-refractivity contribution in [2.24, 2.45) is 278 Å². The Labute approximate surface area is 952 Å². The van der Waals surface area contributed by atoms with Gasteiger partial charge in [-0.25, -0.2) is 0 Å². The molecule has 842 valence electrons. The SMILES string of the molecule is CC(C)CCCC(C)[C@H]1CC[C@H]2[C@@H]3CC[C@H]4C[C@@H](N=[N+]=[N-])CC[C@]4(C)[C@H]3CC[C@]12C.CC(C)CCCC(C)[C@H]1CC[C@H]2[C@@H]3CC[C@H]4C[C@H](I)CC[C@]4(C)[C@H]3CC[C@]12C.CC(C)CCC[C@@H](C)[C@H]1CC[C@H]2[C@@H]3CC[C@H]4C[C@@H](N)CC[C@]4(C)[C@H]3CC[C@]12C.CC(C)CCC[C@@H](C)[C@H]1CC[C@H]2[C@@H]3CC[C@H]4C[C@@H](N)CC[C@]4(C)[C@H]3CC[C@]12C.CC(C)CCC[C@@H](C)[C@H]1CC[C@H]2[C@@H]3CC[C@H]4C[C@@H](O)CC[C@]4(C)[C@H]3CC[C@]12C.Cl.[N-]=[N+]=[N-].[Na+]. The fourth-order valence-corrected chi connectivity index (χ4v) is 47.5. The first-order chi connectivity index (χ1) is 68.7. The van der Waals surface area contributed by atoms with E-state index >= 15 is 0 Å². The Kier molecular flexibility index (Phi) is 44.3. The number of rotatable bonds is 26. The van der Waals surface area contributed by atoms with Crippen molar-refractivity contribution in [2.45, 2.75) is 586 Å². The van der Waals surface area contributed by atoms with Gasteiger partial charge in [0.25, 0.3) is 0 Å². The summed E-state index contributed by atoms with van der Waals surface area (Å²) in [4.78, 5) is 4.63. The van der Waals surface area contributed by atoms with Gasteiger partial charge in [0.15, 0.2) is 0 Å². The van der Waals surface area contributed by atoms with Gasteiger partial charge in [-0.3, -0.25) is 4.91 Å². The van der Waals surface area contributed by atoms with Crippen LogP contribution in [0.15, 0.2) is 5.11 Å². The molecule has 0 radical (unpaired) electrons. The number of alkyl halides is 1. The summed E-state index contributed by atoms with van der Waals surface area (Å²) < 4.78 is 0.962. The zero-order valence-corrected chi connectivity index (χ0v) is 107. The number of fused-ring (bicyclic) bond motifs is 25. The molecule has 2 unspecified atom stereocenters. The van der Waals surface area contributed by atoms with Crippen molar-refractivity contribution < 1.29 is 34.7 Å². The Morgan fingerprint density at radius 1 is 0.265 bits per heavy atom. The van der Waals surface area contributed by atoms with Gasteiger partial charge in [-0.2, -0.15) is 0 Å². The summed E-state index contributed by atoms with van der Waals surface area (Å²) in [5, 5.41) is 14.4. The summed E-state index contributed by atoms with van der Waals surface area (Å²) in [5.41, 5.74) is 41.3. The average molecular weight is 2180 g/mol. The van der Waals surface area contributed by atoms with Gasteiger partial charge in [-0.15, -0.1) is 12.4 Å². The number of nitrogens with two attached hydrogens (primary N) is 2. The van der Waals surface area contributed by atoms with Crippen LogP contribution in [-0.2, 0) is 0 Å². The first-order valence-corrected chi connectivity index (χ1v) is 66.8. The van der Waals surface area contributed by atoms with E-state index < -0.39 is 0 Å². The van der Waals surface area contributed by atoms with Crippen LogP contribution in [0.1, 0.15) is 558 Å². The molecule has 0 aromatic heterocycles. The van der Waals surface area contributed by atoms with Crippen molar-refractivity contribution in [3.63, 3.8) is 0 Å². The number of azide groups is 1. The van der Waals surface area contributed by atoms with E-state index in [1.54, 1.807) is 38.5 Å². The molecule has 0 bridgehead atoms. The molecule has 12 heteroatoms. The maximum Gasteiger partial charge on any atom is 1.00 e. The molecule has 0 aromatic carbocycles. The molecule has 0 amide bonds. The van der Waals surface area contributed by atoms with Crippen LogP contribution in [-0.4, -0.2) is 33.3 Å². The van der Waals surface area contributed by atoms with Gasteiger partial charge in [-0.1, -0.05) is 297 Å². The molecule has 20 fully saturated rings. The topological polar surface area (TPSA) is 180 Å². The molecule has 5 N–H and O–H groups in total. The summed E-state index contributed by atoms with van der Waals surface area (Å²) >= 11 is 2.75. The zero-order chi connectivity index (χ0) is 105. The molecule has 0 saturated heterocycles. The van der Waals surface area contributed by atoms with E-state index in [2.05, 4.69) is 206 Å². The first-order valence-electron chi connectivity index (χ1n) is 65.6. The van der Waals surface area contributed by atoms with Crippen LogP contribution < -0.4 is 41.0 Å². The van der Waals surface area contributed by atoms with Crippen molar-refractivity contribution in [1.29, 1.82) is 0 Å². The number of aliphatic hydroxyl groups excluding tert-OH is 1. The van der Waals surface area contributed by atoms with Gasteiger partial charge in [-0.05, 0) is 556 Å². The van der Waals surface area contributed by atoms with E-state index in [9.17, 15) is 5.11 Å². The second kappa shape index (κ2) is 52.3. The molecule has 20 rings (SSSR count). The van der Waals surface area contributed by atoms with Crippen LogP contribution in [0, 0.1) is 261 Å². The van der Waals surface area contributed by atoms with E-state index in [0.29, 0.717) is 66.2 Å². The maximum absolute atomic E-state index is 10.3. The van der Waals surface area contributed by atoms with Gasteiger partial charge >= 0.3 is 29.6 Å². The second-order valence-electron chi connectivity index (χ2n) is 63.5. The smallest absolute Gasteiger partial charge is 0.393 e. The third-order valence-electron chi connectivity index (χ3n) is 54.5. The van der Waals surface area contributed by atoms with Crippen molar-refractivity contribution in [3.05, 3.63) is 26.4 Å². The summed E-state index contributed by atoms with van der Waals surface area (Å²) in [5.74, 6) is 33.5. The van der Waals surface area contributed by atoms with Crippen molar-refractivity contribution in [2.75, 3.05) is 0 Å². The summed E-state index contributed by atoms with van der Waals surface area (Å²) in [7, 11) is 0. The summed E-state index contributed by atoms with van der Waals surface area (Å²) in [6.07, 6.45) is 86.4. The van der Waals surface area contributed by atoms with Crippen molar-refractivity contribution in [1.82, 2.24) is 0 Å². The molecule has 0 aromatic rings. The van der Waals surface area contributed by atoms with Gasteiger partial charge in [0.05, 0.1) is 6.10 Å². The Morgan fingerprint density at radius 3 is 0.728 bits per heavy atom. The maximum atomic E-state index is 10.3. The van der Waals surface area contributed by atoms with Crippen molar-refractivity contribution >= 4 is 35.0 Å². The normalized spacial score (nSPS) is 47.2. The van der Waals surface area contributed by atoms with Crippen LogP contribution in [0.25, 0.3) is 26.4 Å². The predicted molar refractivity (Wildman–Crippen MR) is 635 cm³/mol. The minimum Gasteiger partial charge on any atom is -0.393 e. The van der Waals surface area contributed by atoms with E-state index in [4.69, 9.17) is 28.1 Å². The quantitative estimate of drug-likeness (QED) is 0.0195. The Balaban J connectivity index is 0.000000152. The molecule has 20 aliphatic carbocycles. The van der Waals surface area contributed by atoms with Gasteiger partial charge < -0.3 is 27.6 Å². The molecular formula is C135H241ClIN8NaO. The standard InChI is InChI=1S/C27H47I.C27H47N3.2C27H49N.C27H48O.ClH.N3.Na/c1-18(2)7-6-8-19(3)23-11-12-24-22-10-9-20-17-21(28)13-15-26(20,4)25(22)14-16-27(23,24)5;1-18(2)7-6-8-19(3)23-11-12-24-22-10-9-20-17-21(29-30-28)13-15-26(20,4)25(22)14-16-27(23,24)5;3*1-18(2)7-6-8-19(3)23-11-12-24-22-10-9-20-17-21(28)13-15-26(20,4)25(22)14-16-27(23,24)5;;1-3-2;/h18-25H,6-17H2,1-5H3;18-25H,6-17H2,1-5H3;2*18-25H,6-17,28H2,1-5H3;18-25,28H,6-17H2,1-5H3;1H;;/q;;;;;;-1;+1/t19?,20-,21+,22-,23+,24-,25-,26-,27+;19?,20-,21-,22-,23+,24-,25-,26-,27+;3*19-,20+,21+,22+,23-,24+,25+,26+,27-;;;/m00111.../s1. The third-order valence-corrected chi connectivity index (χ3v) is 55.6. The monoisotopic (exact) mass is 2180 g/mol. The molecule has 45 atom stereocenters. The van der Waals surface area contributed by atoms with Gasteiger partial charge in [0.2, 0.25) is 0 Å². The number of nitrogens with zero attached hydrogens (tertiary/aromatic N) is 6. The Hall–Kier alpha value is 0.520. The fraction of sp³-hybridized carbons (Fsp3) is 1.00. The van der Waals surface area contributed by atoms with E-state index in [1.165, 1.54) is 326 Å². The van der Waals surface area contributed by atoms with Crippen LogP contribution in [0.4, 0.5) is 0 Å². The van der Waals surface area contributed by atoms with Crippen LogP contribution in [0.5, 0.6) is 0 Å². The van der Waals surface area contributed by atoms with Crippen molar-refractivity contribution in [3.8, 4) is 0 Å². The molecule has 20 saturated carbocycles. The molecule has 20 aliphatic rings.